The zero-order valence-electron chi connectivity index (χ0n) is 8.70. The molecule has 2 rings (SSSR count). The Morgan fingerprint density at radius 3 is 2.87 bits per heavy atom. The summed E-state index contributed by atoms with van der Waals surface area (Å²) in [5.74, 6) is -0.0700. The Kier molecular flexibility index (Phi) is 2.86. The van der Waals surface area contributed by atoms with Crippen molar-refractivity contribution in [3.8, 4) is 0 Å². The van der Waals surface area contributed by atoms with Gasteiger partial charge in [0.15, 0.2) is 0 Å². The van der Waals surface area contributed by atoms with E-state index in [9.17, 15) is 4.79 Å². The Labute approximate surface area is 90.0 Å². The molecule has 0 radical (unpaired) electrons. The van der Waals surface area contributed by atoms with Gasteiger partial charge in [0.1, 0.15) is 0 Å². The van der Waals surface area contributed by atoms with Crippen LogP contribution >= 0.6 is 0 Å². The fourth-order valence-electron chi connectivity index (χ4n) is 2.08. The third-order valence-corrected chi connectivity index (χ3v) is 2.88. The maximum absolute atomic E-state index is 11.2. The Morgan fingerprint density at radius 2 is 2.13 bits per heavy atom. The van der Waals surface area contributed by atoms with E-state index in [4.69, 9.17) is 0 Å². The van der Waals surface area contributed by atoms with Gasteiger partial charge in [-0.2, -0.15) is 0 Å². The van der Waals surface area contributed by atoms with Gasteiger partial charge in [0.05, 0.1) is 0 Å². The van der Waals surface area contributed by atoms with E-state index in [1.807, 2.05) is 0 Å². The Bertz CT molecular complexity index is 384. The lowest BCUT2D eigenvalue weighted by atomic mass is 9.88. The van der Waals surface area contributed by atoms with E-state index in [2.05, 4.69) is 36.2 Å². The highest BCUT2D eigenvalue weighted by Crippen LogP contribution is 2.20. The highest BCUT2D eigenvalue weighted by atomic mass is 16.1. The van der Waals surface area contributed by atoms with Crippen LogP contribution in [-0.2, 0) is 17.6 Å². The Morgan fingerprint density at radius 1 is 1.40 bits per heavy atom. The highest BCUT2D eigenvalue weighted by molar-refractivity contribution is 5.87. The van der Waals surface area contributed by atoms with Gasteiger partial charge in [-0.25, -0.2) is 0 Å². The molecule has 15 heavy (non-hydrogen) atoms. The molecule has 0 saturated carbocycles. The van der Waals surface area contributed by atoms with Gasteiger partial charge in [-0.15, -0.1) is 0 Å². The summed E-state index contributed by atoms with van der Waals surface area (Å²) >= 11 is 0. The van der Waals surface area contributed by atoms with Gasteiger partial charge in [0.25, 0.3) is 0 Å². The van der Waals surface area contributed by atoms with Crippen molar-refractivity contribution in [3.05, 3.63) is 48.0 Å². The quantitative estimate of drug-likeness (QED) is 0.727. The molecule has 1 aromatic rings. The topological polar surface area (TPSA) is 29.1 Å². The zero-order chi connectivity index (χ0) is 10.7. The average Bonchev–Trinajstić information content (AvgIpc) is 2.29. The number of amides is 1. The van der Waals surface area contributed by atoms with Crippen molar-refractivity contribution in [1.29, 1.82) is 0 Å². The summed E-state index contributed by atoms with van der Waals surface area (Å²) in [4.78, 5) is 11.2. The molecular formula is C13H15NO. The second-order valence-corrected chi connectivity index (χ2v) is 3.92. The highest BCUT2D eigenvalue weighted by Gasteiger charge is 2.18. The van der Waals surface area contributed by atoms with Crippen molar-refractivity contribution in [2.24, 2.45) is 0 Å². The predicted molar refractivity (Wildman–Crippen MR) is 60.6 cm³/mol. The van der Waals surface area contributed by atoms with Gasteiger partial charge in [-0.1, -0.05) is 30.8 Å². The number of benzene rings is 1. The lowest BCUT2D eigenvalue weighted by Gasteiger charge is -2.24. The number of rotatable bonds is 2. The lowest BCUT2D eigenvalue weighted by Crippen LogP contribution is -2.37. The molecule has 2 heteroatoms. The number of fused-ring (bicyclic) bond motifs is 1. The minimum atomic E-state index is -0.0700. The Balaban J connectivity index is 2.05. The summed E-state index contributed by atoms with van der Waals surface area (Å²) < 4.78 is 0. The molecule has 1 aliphatic carbocycles. The molecule has 0 fully saturated rings. The van der Waals surface area contributed by atoms with Crippen molar-refractivity contribution < 1.29 is 4.79 Å². The van der Waals surface area contributed by atoms with Crippen LogP contribution in [0.3, 0.4) is 0 Å². The van der Waals surface area contributed by atoms with E-state index >= 15 is 0 Å². The summed E-state index contributed by atoms with van der Waals surface area (Å²) in [6.07, 6.45) is 4.35. The number of hydrogen-bond donors (Lipinski definition) is 1. The zero-order valence-corrected chi connectivity index (χ0v) is 8.70. The molecule has 1 atom stereocenters. The molecule has 0 spiro atoms. The predicted octanol–water partition coefficient (Wildman–Crippen LogP) is 1.85. The molecule has 2 nitrogen and oxygen atoms in total. The van der Waals surface area contributed by atoms with Crippen LogP contribution in [0, 0.1) is 0 Å². The largest absolute Gasteiger partial charge is 0.349 e. The smallest absolute Gasteiger partial charge is 0.243 e. The van der Waals surface area contributed by atoms with Gasteiger partial charge < -0.3 is 5.32 Å². The Hall–Kier alpha value is -1.57. The van der Waals surface area contributed by atoms with Crippen LogP contribution in [0.2, 0.25) is 0 Å². The molecular weight excluding hydrogens is 186 g/mol. The number of carbonyl (C=O) groups excluding carboxylic acids is 1. The van der Waals surface area contributed by atoms with Gasteiger partial charge in [0, 0.05) is 6.04 Å². The second kappa shape index (κ2) is 4.30. The monoisotopic (exact) mass is 201 g/mol. The minimum absolute atomic E-state index is 0.0700. The molecule has 0 aromatic heterocycles. The lowest BCUT2D eigenvalue weighted by molar-refractivity contribution is -0.117. The first-order valence-corrected chi connectivity index (χ1v) is 5.29. The van der Waals surface area contributed by atoms with Crippen molar-refractivity contribution in [1.82, 2.24) is 5.32 Å². The molecule has 1 aliphatic rings. The minimum Gasteiger partial charge on any atom is -0.349 e. The fourth-order valence-corrected chi connectivity index (χ4v) is 2.08. The number of hydrogen-bond acceptors (Lipinski definition) is 1. The van der Waals surface area contributed by atoms with E-state index in [1.165, 1.54) is 17.2 Å². The van der Waals surface area contributed by atoms with E-state index in [1.54, 1.807) is 0 Å². The summed E-state index contributed by atoms with van der Waals surface area (Å²) in [5, 5.41) is 2.95. The van der Waals surface area contributed by atoms with Crippen LogP contribution in [0.15, 0.2) is 36.9 Å². The summed E-state index contributed by atoms with van der Waals surface area (Å²) in [7, 11) is 0. The number of aryl methyl sites for hydroxylation is 1. The SMILES string of the molecule is C=CC(=O)N[C@H]1CCc2ccccc2C1. The van der Waals surface area contributed by atoms with Crippen LogP contribution in [0.1, 0.15) is 17.5 Å². The molecule has 0 bridgehead atoms. The average molecular weight is 201 g/mol. The standard InChI is InChI=1S/C13H15NO/c1-2-13(15)14-12-8-7-10-5-3-4-6-11(10)9-12/h2-6,12H,1,7-9H2,(H,14,15)/t12-/m0/s1. The molecule has 0 aliphatic heterocycles. The normalized spacial score (nSPS) is 19.1. The first-order chi connectivity index (χ1) is 7.29. The summed E-state index contributed by atoms with van der Waals surface area (Å²) in [6.45, 7) is 3.46. The van der Waals surface area contributed by atoms with Crippen molar-refractivity contribution >= 4 is 5.91 Å². The van der Waals surface area contributed by atoms with Crippen LogP contribution < -0.4 is 5.32 Å². The molecule has 1 aromatic carbocycles. The van der Waals surface area contributed by atoms with Crippen LogP contribution in [0.4, 0.5) is 0 Å². The number of carbonyl (C=O) groups is 1. The van der Waals surface area contributed by atoms with Crippen molar-refractivity contribution in [2.45, 2.75) is 25.3 Å². The van der Waals surface area contributed by atoms with Crippen LogP contribution in [0.25, 0.3) is 0 Å². The van der Waals surface area contributed by atoms with E-state index < -0.39 is 0 Å². The second-order valence-electron chi connectivity index (χ2n) is 3.92. The number of nitrogens with one attached hydrogen (secondary N) is 1. The third-order valence-electron chi connectivity index (χ3n) is 2.88. The van der Waals surface area contributed by atoms with E-state index in [-0.39, 0.29) is 11.9 Å². The fraction of sp³-hybridized carbons (Fsp3) is 0.308. The van der Waals surface area contributed by atoms with Gasteiger partial charge in [-0.3, -0.25) is 4.79 Å². The molecule has 1 N–H and O–H groups in total. The van der Waals surface area contributed by atoms with E-state index in [0.717, 1.165) is 19.3 Å². The van der Waals surface area contributed by atoms with Crippen molar-refractivity contribution in [3.63, 3.8) is 0 Å². The van der Waals surface area contributed by atoms with Gasteiger partial charge >= 0.3 is 0 Å². The van der Waals surface area contributed by atoms with Crippen molar-refractivity contribution in [2.75, 3.05) is 0 Å². The molecule has 0 saturated heterocycles. The van der Waals surface area contributed by atoms with Crippen LogP contribution in [-0.4, -0.2) is 11.9 Å². The van der Waals surface area contributed by atoms with Crippen LogP contribution in [0.5, 0.6) is 0 Å². The first kappa shape index (κ1) is 9.97. The molecule has 0 unspecified atom stereocenters. The molecule has 0 heterocycles. The maximum atomic E-state index is 11.2. The summed E-state index contributed by atoms with van der Waals surface area (Å²) in [5.41, 5.74) is 2.78. The third kappa shape index (κ3) is 2.27. The first-order valence-electron chi connectivity index (χ1n) is 5.29. The summed E-state index contributed by atoms with van der Waals surface area (Å²) in [6, 6.07) is 8.70. The molecule has 78 valence electrons. The van der Waals surface area contributed by atoms with Gasteiger partial charge in [0.2, 0.25) is 5.91 Å². The van der Waals surface area contributed by atoms with Gasteiger partial charge in [-0.05, 0) is 36.5 Å². The van der Waals surface area contributed by atoms with E-state index in [0.29, 0.717) is 0 Å². The maximum Gasteiger partial charge on any atom is 0.243 e. The molecule has 1 amide bonds.